The van der Waals surface area contributed by atoms with Crippen molar-refractivity contribution in [3.63, 3.8) is 0 Å². The third kappa shape index (κ3) is 2.57. The molecule has 2 N–H and O–H groups in total. The Kier molecular flexibility index (Phi) is 4.10. The molecule has 0 radical (unpaired) electrons. The van der Waals surface area contributed by atoms with E-state index in [1.54, 1.807) is 36.4 Å². The number of carbonyl (C=O) groups is 1. The van der Waals surface area contributed by atoms with Crippen molar-refractivity contribution in [1.29, 1.82) is 0 Å². The van der Waals surface area contributed by atoms with Gasteiger partial charge < -0.3 is 10.2 Å². The second-order valence-electron chi connectivity index (χ2n) is 4.38. The first-order valence-electron chi connectivity index (χ1n) is 6.16. The molecule has 2 aromatic carbocycles. The van der Waals surface area contributed by atoms with E-state index < -0.39 is 5.60 Å². The summed E-state index contributed by atoms with van der Waals surface area (Å²) in [5.74, 6) is 0. The molecule has 0 spiro atoms. The van der Waals surface area contributed by atoms with Crippen molar-refractivity contribution in [1.82, 2.24) is 0 Å². The summed E-state index contributed by atoms with van der Waals surface area (Å²) in [5.41, 5.74) is 0.136. The molecule has 98 valence electrons. The molecular formula is C16H16O3. The average Bonchev–Trinajstić information content (AvgIpc) is 2.48. The van der Waals surface area contributed by atoms with Crippen LogP contribution in [0.4, 0.5) is 0 Å². The predicted octanol–water partition coefficient (Wildman–Crippen LogP) is 1.66. The molecule has 0 heterocycles. The quantitative estimate of drug-likeness (QED) is 0.800. The Hall–Kier alpha value is -1.97. The molecule has 0 aliphatic carbocycles. The van der Waals surface area contributed by atoms with E-state index in [1.807, 2.05) is 18.2 Å². The van der Waals surface area contributed by atoms with E-state index in [9.17, 15) is 9.90 Å². The van der Waals surface area contributed by atoms with E-state index in [0.717, 1.165) is 5.56 Å². The maximum atomic E-state index is 11.5. The van der Waals surface area contributed by atoms with Crippen molar-refractivity contribution in [2.24, 2.45) is 0 Å². The second-order valence-corrected chi connectivity index (χ2v) is 4.38. The molecule has 19 heavy (non-hydrogen) atoms. The smallest absolute Gasteiger partial charge is 0.170 e. The number of hydrogen-bond donors (Lipinski definition) is 2. The van der Waals surface area contributed by atoms with Crippen LogP contribution in [0.3, 0.4) is 0 Å². The summed E-state index contributed by atoms with van der Waals surface area (Å²) in [7, 11) is 0. The fraction of sp³-hybridized carbons (Fsp3) is 0.188. The van der Waals surface area contributed by atoms with Gasteiger partial charge in [-0.05, 0) is 23.1 Å². The Morgan fingerprint density at radius 3 is 2.26 bits per heavy atom. The normalized spacial score (nSPS) is 13.8. The van der Waals surface area contributed by atoms with Gasteiger partial charge in [0.25, 0.3) is 0 Å². The third-order valence-corrected chi connectivity index (χ3v) is 3.19. The molecule has 0 amide bonds. The number of aldehydes is 1. The van der Waals surface area contributed by atoms with Gasteiger partial charge in [-0.25, -0.2) is 0 Å². The first kappa shape index (κ1) is 13.5. The van der Waals surface area contributed by atoms with Crippen molar-refractivity contribution in [2.75, 3.05) is 6.61 Å². The van der Waals surface area contributed by atoms with Gasteiger partial charge in [-0.3, -0.25) is 4.79 Å². The number of hydrogen-bond acceptors (Lipinski definition) is 3. The third-order valence-electron chi connectivity index (χ3n) is 3.19. The Morgan fingerprint density at radius 2 is 1.63 bits per heavy atom. The minimum atomic E-state index is -1.67. The SMILES string of the molecule is O=CC(O)(c1ccccc1)c1ccccc1CCO. The molecule has 0 aliphatic heterocycles. The van der Waals surface area contributed by atoms with Crippen LogP contribution in [-0.4, -0.2) is 23.1 Å². The first-order valence-corrected chi connectivity index (χ1v) is 6.16. The lowest BCUT2D eigenvalue weighted by Crippen LogP contribution is -2.30. The van der Waals surface area contributed by atoms with Crippen LogP contribution in [0.1, 0.15) is 16.7 Å². The van der Waals surface area contributed by atoms with Crippen LogP contribution in [0.2, 0.25) is 0 Å². The van der Waals surface area contributed by atoms with Crippen LogP contribution in [0.5, 0.6) is 0 Å². The number of aliphatic hydroxyl groups is 2. The first-order chi connectivity index (χ1) is 9.22. The molecule has 3 heteroatoms. The highest BCUT2D eigenvalue weighted by molar-refractivity contribution is 5.73. The monoisotopic (exact) mass is 256 g/mol. The maximum Gasteiger partial charge on any atom is 0.170 e. The summed E-state index contributed by atoms with van der Waals surface area (Å²) in [4.78, 5) is 11.5. The lowest BCUT2D eigenvalue weighted by Gasteiger charge is -2.25. The minimum Gasteiger partial charge on any atom is -0.396 e. The molecule has 0 aliphatic rings. The van der Waals surface area contributed by atoms with Gasteiger partial charge in [0, 0.05) is 6.61 Å². The zero-order valence-corrected chi connectivity index (χ0v) is 10.5. The summed E-state index contributed by atoms with van der Waals surface area (Å²) < 4.78 is 0. The van der Waals surface area contributed by atoms with Crippen LogP contribution in [0.25, 0.3) is 0 Å². The highest BCUT2D eigenvalue weighted by Crippen LogP contribution is 2.30. The zero-order chi connectivity index (χ0) is 13.7. The van der Waals surface area contributed by atoms with E-state index >= 15 is 0 Å². The Balaban J connectivity index is 2.56. The highest BCUT2D eigenvalue weighted by Gasteiger charge is 2.32. The van der Waals surface area contributed by atoms with E-state index in [0.29, 0.717) is 23.8 Å². The van der Waals surface area contributed by atoms with Crippen LogP contribution < -0.4 is 0 Å². The molecule has 2 aromatic rings. The lowest BCUT2D eigenvalue weighted by molar-refractivity contribution is -0.121. The largest absolute Gasteiger partial charge is 0.396 e. The molecule has 1 atom stereocenters. The Morgan fingerprint density at radius 1 is 1.00 bits per heavy atom. The molecule has 0 fully saturated rings. The molecule has 0 saturated carbocycles. The van der Waals surface area contributed by atoms with Crippen molar-refractivity contribution in [2.45, 2.75) is 12.0 Å². The van der Waals surface area contributed by atoms with Crippen LogP contribution >= 0.6 is 0 Å². The maximum absolute atomic E-state index is 11.5. The summed E-state index contributed by atoms with van der Waals surface area (Å²) in [5, 5.41) is 19.8. The Labute approximate surface area is 112 Å². The van der Waals surface area contributed by atoms with Crippen LogP contribution in [0, 0.1) is 0 Å². The van der Waals surface area contributed by atoms with Gasteiger partial charge in [0.2, 0.25) is 0 Å². The zero-order valence-electron chi connectivity index (χ0n) is 10.5. The van der Waals surface area contributed by atoms with Gasteiger partial charge >= 0.3 is 0 Å². The molecule has 3 nitrogen and oxygen atoms in total. The summed E-state index contributed by atoms with van der Waals surface area (Å²) in [6.07, 6.45) is 0.942. The van der Waals surface area contributed by atoms with Gasteiger partial charge in [0.1, 0.15) is 0 Å². The van der Waals surface area contributed by atoms with E-state index in [2.05, 4.69) is 0 Å². The summed E-state index contributed by atoms with van der Waals surface area (Å²) in [6.45, 7) is -0.0270. The number of carbonyl (C=O) groups excluding carboxylic acids is 1. The molecule has 0 bridgehead atoms. The molecular weight excluding hydrogens is 240 g/mol. The fourth-order valence-electron chi connectivity index (χ4n) is 2.21. The van der Waals surface area contributed by atoms with Crippen LogP contribution in [0.15, 0.2) is 54.6 Å². The summed E-state index contributed by atoms with van der Waals surface area (Å²) in [6, 6.07) is 15.9. The Bertz CT molecular complexity index is 551. The van der Waals surface area contributed by atoms with E-state index in [4.69, 9.17) is 5.11 Å². The van der Waals surface area contributed by atoms with Crippen molar-refractivity contribution in [3.05, 3.63) is 71.3 Å². The van der Waals surface area contributed by atoms with Crippen molar-refractivity contribution >= 4 is 6.29 Å². The number of rotatable bonds is 5. The van der Waals surface area contributed by atoms with Gasteiger partial charge in [-0.15, -0.1) is 0 Å². The van der Waals surface area contributed by atoms with Crippen LogP contribution in [-0.2, 0) is 16.8 Å². The molecule has 2 rings (SSSR count). The van der Waals surface area contributed by atoms with E-state index in [-0.39, 0.29) is 6.61 Å². The molecule has 1 unspecified atom stereocenters. The minimum absolute atomic E-state index is 0.0270. The molecule has 0 aromatic heterocycles. The van der Waals surface area contributed by atoms with Gasteiger partial charge in [-0.1, -0.05) is 54.6 Å². The highest BCUT2D eigenvalue weighted by atomic mass is 16.3. The number of aliphatic hydroxyl groups excluding tert-OH is 1. The number of benzene rings is 2. The van der Waals surface area contributed by atoms with Gasteiger partial charge in [0.05, 0.1) is 0 Å². The second kappa shape index (κ2) is 5.78. The standard InChI is InChI=1S/C16H16O3/c17-11-10-13-6-4-5-9-15(13)16(19,12-18)14-7-2-1-3-8-14/h1-9,12,17,19H,10-11H2. The predicted molar refractivity (Wildman–Crippen MR) is 72.7 cm³/mol. The topological polar surface area (TPSA) is 57.5 Å². The lowest BCUT2D eigenvalue weighted by atomic mass is 9.84. The summed E-state index contributed by atoms with van der Waals surface area (Å²) >= 11 is 0. The van der Waals surface area contributed by atoms with Gasteiger partial charge in [0.15, 0.2) is 11.9 Å². The van der Waals surface area contributed by atoms with Gasteiger partial charge in [-0.2, -0.15) is 0 Å². The van der Waals surface area contributed by atoms with Crippen molar-refractivity contribution in [3.8, 4) is 0 Å². The van der Waals surface area contributed by atoms with E-state index in [1.165, 1.54) is 0 Å². The average molecular weight is 256 g/mol. The molecule has 0 saturated heterocycles. The fourth-order valence-corrected chi connectivity index (χ4v) is 2.21. The van der Waals surface area contributed by atoms with Crippen molar-refractivity contribution < 1.29 is 15.0 Å².